The predicted molar refractivity (Wildman–Crippen MR) is 110 cm³/mol. The second kappa shape index (κ2) is 12.6. The van der Waals surface area contributed by atoms with Gasteiger partial charge in [-0.05, 0) is 49.6 Å². The number of aromatic hydroxyl groups is 1. The fourth-order valence-corrected chi connectivity index (χ4v) is 3.00. The van der Waals surface area contributed by atoms with Gasteiger partial charge in [-0.25, -0.2) is 5.48 Å². The number of carbonyl (C=O) groups excluding carboxylic acids is 2. The number of hydroxylamine groups is 1. The average Bonchev–Trinajstić information content (AvgIpc) is 2.76. The van der Waals surface area contributed by atoms with Crippen LogP contribution in [0.25, 0.3) is 0 Å². The van der Waals surface area contributed by atoms with Crippen molar-refractivity contribution < 1.29 is 29.4 Å². The van der Waals surface area contributed by atoms with Crippen molar-refractivity contribution in [2.24, 2.45) is 5.92 Å². The highest BCUT2D eigenvalue weighted by Gasteiger charge is 2.25. The minimum absolute atomic E-state index is 0.0608. The van der Waals surface area contributed by atoms with Gasteiger partial charge in [0.2, 0.25) is 5.91 Å². The Morgan fingerprint density at radius 3 is 2.37 bits per heavy atom. The van der Waals surface area contributed by atoms with Gasteiger partial charge in [0, 0.05) is 18.1 Å². The molecule has 2 aromatic rings. The minimum Gasteiger partial charge on any atom is -0.508 e. The summed E-state index contributed by atoms with van der Waals surface area (Å²) in [5.74, 6) is -1.42. The van der Waals surface area contributed by atoms with E-state index in [2.05, 4.69) is 5.32 Å². The van der Waals surface area contributed by atoms with Crippen molar-refractivity contribution >= 4 is 11.8 Å². The molecule has 0 heterocycles. The molecule has 0 fully saturated rings. The lowest BCUT2D eigenvalue weighted by atomic mass is 9.92. The van der Waals surface area contributed by atoms with Crippen LogP contribution in [0.5, 0.6) is 5.75 Å². The number of hydrogen-bond acceptors (Lipinski definition) is 6. The van der Waals surface area contributed by atoms with E-state index >= 15 is 0 Å². The van der Waals surface area contributed by atoms with Gasteiger partial charge >= 0.3 is 0 Å². The molecule has 0 spiro atoms. The van der Waals surface area contributed by atoms with E-state index in [9.17, 15) is 14.7 Å². The van der Waals surface area contributed by atoms with E-state index in [1.807, 2.05) is 37.3 Å². The maximum absolute atomic E-state index is 12.6. The molecular weight excluding hydrogens is 388 g/mol. The Hall–Kier alpha value is -2.94. The first-order valence-electron chi connectivity index (χ1n) is 9.76. The lowest BCUT2D eigenvalue weighted by Gasteiger charge is -2.24. The lowest BCUT2D eigenvalue weighted by Crippen LogP contribution is -2.42. The maximum Gasteiger partial charge on any atom is 0.251 e. The van der Waals surface area contributed by atoms with Gasteiger partial charge in [-0.2, -0.15) is 0 Å². The number of phenolic OH excluding ortho intramolecular Hbond substituents is 1. The number of amides is 2. The zero-order chi connectivity index (χ0) is 21.8. The third-order valence-corrected chi connectivity index (χ3v) is 4.53. The van der Waals surface area contributed by atoms with Crippen molar-refractivity contribution in [2.75, 3.05) is 20.0 Å². The van der Waals surface area contributed by atoms with Crippen LogP contribution in [0.2, 0.25) is 0 Å². The minimum atomic E-state index is -0.585. The second-order valence-corrected chi connectivity index (χ2v) is 6.80. The molecule has 0 aliphatic rings. The summed E-state index contributed by atoms with van der Waals surface area (Å²) in [6.07, 6.45) is 0.640. The van der Waals surface area contributed by atoms with Gasteiger partial charge in [0.05, 0.1) is 12.6 Å². The van der Waals surface area contributed by atoms with E-state index in [4.69, 9.17) is 14.7 Å². The number of rotatable bonds is 12. The molecule has 8 nitrogen and oxygen atoms in total. The number of phenols is 1. The van der Waals surface area contributed by atoms with Crippen molar-refractivity contribution in [3.05, 3.63) is 65.7 Å². The Kier molecular flexibility index (Phi) is 9.79. The molecule has 2 aromatic carbocycles. The van der Waals surface area contributed by atoms with E-state index in [0.29, 0.717) is 18.6 Å². The molecule has 8 heteroatoms. The second-order valence-electron chi connectivity index (χ2n) is 6.80. The molecule has 2 atom stereocenters. The van der Waals surface area contributed by atoms with E-state index < -0.39 is 17.9 Å². The van der Waals surface area contributed by atoms with Gasteiger partial charge in [-0.1, -0.05) is 30.3 Å². The van der Waals surface area contributed by atoms with Gasteiger partial charge in [-0.3, -0.25) is 14.8 Å². The van der Waals surface area contributed by atoms with Gasteiger partial charge in [0.15, 0.2) is 0 Å². The summed E-state index contributed by atoms with van der Waals surface area (Å²) in [6, 6.07) is 14.8. The van der Waals surface area contributed by atoms with Crippen LogP contribution in [-0.4, -0.2) is 48.2 Å². The summed E-state index contributed by atoms with van der Waals surface area (Å²) in [7, 11) is 0. The summed E-state index contributed by atoms with van der Waals surface area (Å²) in [5, 5.41) is 21.4. The molecule has 2 rings (SSSR count). The zero-order valence-corrected chi connectivity index (χ0v) is 16.9. The fourth-order valence-electron chi connectivity index (χ4n) is 3.00. The fraction of sp³-hybridized carbons (Fsp3) is 0.364. The number of ether oxygens (including phenoxy) is 2. The SMILES string of the molecule is CCOCOCC(CC(Cc1ccccc1)C(=O)NO)NC(=O)c1ccc(O)cc1. The average molecular weight is 416 g/mol. The molecule has 2 unspecified atom stereocenters. The lowest BCUT2D eigenvalue weighted by molar-refractivity contribution is -0.134. The molecule has 0 saturated heterocycles. The molecule has 4 N–H and O–H groups in total. The van der Waals surface area contributed by atoms with Gasteiger partial charge < -0.3 is 19.9 Å². The van der Waals surface area contributed by atoms with Crippen LogP contribution in [0.1, 0.15) is 29.3 Å². The van der Waals surface area contributed by atoms with Crippen molar-refractivity contribution in [1.82, 2.24) is 10.8 Å². The number of hydrogen-bond donors (Lipinski definition) is 4. The van der Waals surface area contributed by atoms with Crippen LogP contribution in [0.3, 0.4) is 0 Å². The highest BCUT2D eigenvalue weighted by Crippen LogP contribution is 2.16. The summed E-state index contributed by atoms with van der Waals surface area (Å²) >= 11 is 0. The van der Waals surface area contributed by atoms with Crippen LogP contribution < -0.4 is 10.8 Å². The smallest absolute Gasteiger partial charge is 0.251 e. The molecular formula is C22H28N2O6. The molecule has 30 heavy (non-hydrogen) atoms. The molecule has 0 aliphatic heterocycles. The highest BCUT2D eigenvalue weighted by atomic mass is 16.7. The highest BCUT2D eigenvalue weighted by molar-refractivity contribution is 5.94. The summed E-state index contributed by atoms with van der Waals surface area (Å²) in [4.78, 5) is 24.9. The van der Waals surface area contributed by atoms with E-state index in [1.165, 1.54) is 24.3 Å². The molecule has 0 aromatic heterocycles. The molecule has 0 radical (unpaired) electrons. The number of carbonyl (C=O) groups is 2. The maximum atomic E-state index is 12.6. The Morgan fingerprint density at radius 1 is 1.03 bits per heavy atom. The molecule has 0 saturated carbocycles. The molecule has 162 valence electrons. The Morgan fingerprint density at radius 2 is 1.73 bits per heavy atom. The van der Waals surface area contributed by atoms with Gasteiger partial charge in [0.1, 0.15) is 12.5 Å². The first kappa shape index (κ1) is 23.3. The van der Waals surface area contributed by atoms with Crippen molar-refractivity contribution in [1.29, 1.82) is 0 Å². The monoisotopic (exact) mass is 416 g/mol. The number of benzene rings is 2. The van der Waals surface area contributed by atoms with E-state index in [0.717, 1.165) is 5.56 Å². The first-order valence-corrected chi connectivity index (χ1v) is 9.76. The van der Waals surface area contributed by atoms with Crippen LogP contribution >= 0.6 is 0 Å². The summed E-state index contributed by atoms with van der Waals surface area (Å²) in [6.45, 7) is 2.54. The van der Waals surface area contributed by atoms with E-state index in [-0.39, 0.29) is 31.5 Å². The largest absolute Gasteiger partial charge is 0.508 e. The van der Waals surface area contributed by atoms with Crippen LogP contribution in [-0.2, 0) is 20.7 Å². The standard InChI is InChI=1S/C22H28N2O6/c1-2-29-15-30-14-19(23-21(26)17-8-10-20(25)11-9-17)13-18(22(27)24-28)12-16-6-4-3-5-7-16/h3-11,18-19,25,28H,2,12-15H2,1H3,(H,23,26)(H,24,27). The summed E-state index contributed by atoms with van der Waals surface area (Å²) < 4.78 is 10.7. The van der Waals surface area contributed by atoms with Gasteiger partial charge in [-0.15, -0.1) is 0 Å². The van der Waals surface area contributed by atoms with Crippen molar-refractivity contribution in [3.8, 4) is 5.75 Å². The Labute approximate surface area is 175 Å². The van der Waals surface area contributed by atoms with Crippen molar-refractivity contribution in [3.63, 3.8) is 0 Å². The third kappa shape index (κ3) is 7.82. The molecule has 2 amide bonds. The predicted octanol–water partition coefficient (Wildman–Crippen LogP) is 2.26. The third-order valence-electron chi connectivity index (χ3n) is 4.53. The van der Waals surface area contributed by atoms with E-state index in [1.54, 1.807) is 5.48 Å². The van der Waals surface area contributed by atoms with Crippen LogP contribution in [0, 0.1) is 5.92 Å². The first-order chi connectivity index (χ1) is 14.5. The quantitative estimate of drug-likeness (QED) is 0.182. The summed E-state index contributed by atoms with van der Waals surface area (Å²) in [5.41, 5.74) is 3.02. The Balaban J connectivity index is 2.10. The normalized spacial score (nSPS) is 12.7. The van der Waals surface area contributed by atoms with Crippen LogP contribution in [0.4, 0.5) is 0 Å². The molecule has 0 aliphatic carbocycles. The topological polar surface area (TPSA) is 117 Å². The van der Waals surface area contributed by atoms with Crippen molar-refractivity contribution in [2.45, 2.75) is 25.8 Å². The zero-order valence-electron chi connectivity index (χ0n) is 16.9. The Bertz CT molecular complexity index is 782. The van der Waals surface area contributed by atoms with Crippen LogP contribution in [0.15, 0.2) is 54.6 Å². The number of nitrogens with one attached hydrogen (secondary N) is 2. The van der Waals surface area contributed by atoms with Gasteiger partial charge in [0.25, 0.3) is 5.91 Å². The molecule has 0 bridgehead atoms.